The van der Waals surface area contributed by atoms with E-state index in [0.29, 0.717) is 11.5 Å². The number of piperazine rings is 1. The van der Waals surface area contributed by atoms with E-state index < -0.39 is 6.09 Å². The molecule has 1 saturated carbocycles. The highest BCUT2D eigenvalue weighted by Crippen LogP contribution is 2.44. The van der Waals surface area contributed by atoms with Crippen LogP contribution >= 0.6 is 15.9 Å². The smallest absolute Gasteiger partial charge is 0.404 e. The van der Waals surface area contributed by atoms with Crippen LogP contribution in [0.15, 0.2) is 41.0 Å². The Bertz CT molecular complexity index is 1370. The van der Waals surface area contributed by atoms with E-state index in [1.807, 2.05) is 6.07 Å². The van der Waals surface area contributed by atoms with Gasteiger partial charge in [-0.05, 0) is 41.5 Å². The number of amides is 1. The highest BCUT2D eigenvalue weighted by molar-refractivity contribution is 9.10. The van der Waals surface area contributed by atoms with Crippen LogP contribution < -0.4 is 20.7 Å². The van der Waals surface area contributed by atoms with Gasteiger partial charge in [0, 0.05) is 56.0 Å². The summed E-state index contributed by atoms with van der Waals surface area (Å²) in [4.78, 5) is 29.1. The lowest BCUT2D eigenvalue weighted by Gasteiger charge is -2.34. The molecule has 2 aromatic heterocycles. The van der Waals surface area contributed by atoms with Crippen LogP contribution in [0.3, 0.4) is 0 Å². The topological polar surface area (TPSA) is 122 Å². The van der Waals surface area contributed by atoms with E-state index in [1.165, 1.54) is 0 Å². The van der Waals surface area contributed by atoms with Gasteiger partial charge >= 0.3 is 6.09 Å². The summed E-state index contributed by atoms with van der Waals surface area (Å²) in [7, 11) is 3.83. The average Bonchev–Trinajstić information content (AvgIpc) is 3.61. The number of likely N-dealkylation sites (N-methyl/N-ethyl adjacent to an activating group) is 1. The average molecular weight is 568 g/mol. The van der Waals surface area contributed by atoms with E-state index >= 15 is 0 Å². The molecule has 1 amide bonds. The molecule has 2 fully saturated rings. The van der Waals surface area contributed by atoms with Gasteiger partial charge in [-0.3, -0.25) is 0 Å². The van der Waals surface area contributed by atoms with Gasteiger partial charge in [-0.2, -0.15) is 0 Å². The molecule has 3 aromatic rings. The summed E-state index contributed by atoms with van der Waals surface area (Å²) in [5, 5.41) is 3.60. The molecule has 2 bridgehead atoms. The maximum Gasteiger partial charge on any atom is 0.404 e. The number of carbonyl (C=O) groups is 1. The molecule has 37 heavy (non-hydrogen) atoms. The number of nitrogens with two attached hydrogens (primary N) is 1. The van der Waals surface area contributed by atoms with Crippen molar-refractivity contribution in [1.82, 2.24) is 19.9 Å². The number of halogens is 1. The second kappa shape index (κ2) is 9.53. The highest BCUT2D eigenvalue weighted by atomic mass is 79.9. The monoisotopic (exact) mass is 567 g/mol. The van der Waals surface area contributed by atoms with Crippen LogP contribution in [0.25, 0.3) is 22.6 Å². The molecule has 194 valence electrons. The SMILES string of the molecule is COc1cc(N2CCN(C)CC2)ccc1-c1nc2ncc(Br)c(N[C@H]3[C@@H](OC(N)=O)[C@@H]4C=C[C@H]3C4)c2[nH]1. The van der Waals surface area contributed by atoms with Gasteiger partial charge in [-0.1, -0.05) is 12.2 Å². The fourth-order valence-corrected chi connectivity index (χ4v) is 6.18. The first-order valence-electron chi connectivity index (χ1n) is 12.5. The van der Waals surface area contributed by atoms with Crippen molar-refractivity contribution in [2.45, 2.75) is 18.6 Å². The summed E-state index contributed by atoms with van der Waals surface area (Å²) < 4.78 is 12.1. The Morgan fingerprint density at radius 2 is 2.00 bits per heavy atom. The van der Waals surface area contributed by atoms with Crippen LogP contribution in [0.1, 0.15) is 6.42 Å². The normalized spacial score (nSPS) is 25.1. The molecule has 10 nitrogen and oxygen atoms in total. The van der Waals surface area contributed by atoms with Crippen LogP contribution in [0, 0.1) is 11.8 Å². The van der Waals surface area contributed by atoms with E-state index in [9.17, 15) is 4.79 Å². The van der Waals surface area contributed by atoms with E-state index in [-0.39, 0.29) is 24.0 Å². The van der Waals surface area contributed by atoms with Crippen molar-refractivity contribution in [2.24, 2.45) is 17.6 Å². The summed E-state index contributed by atoms with van der Waals surface area (Å²) in [5.74, 6) is 1.82. The molecule has 6 rings (SSSR count). The number of carbonyl (C=O) groups excluding carboxylic acids is 1. The molecule has 11 heteroatoms. The third kappa shape index (κ3) is 4.40. The van der Waals surface area contributed by atoms with Crippen molar-refractivity contribution < 1.29 is 14.3 Å². The van der Waals surface area contributed by atoms with Crippen molar-refractivity contribution in [3.05, 3.63) is 41.0 Å². The number of H-pyrrole nitrogens is 1. The Labute approximate surface area is 223 Å². The minimum Gasteiger partial charge on any atom is -0.496 e. The largest absolute Gasteiger partial charge is 0.496 e. The second-order valence-corrected chi connectivity index (χ2v) is 10.8. The van der Waals surface area contributed by atoms with Crippen LogP contribution in [0.2, 0.25) is 0 Å². The van der Waals surface area contributed by atoms with Crippen molar-refractivity contribution in [1.29, 1.82) is 0 Å². The predicted octanol–water partition coefficient (Wildman–Crippen LogP) is 3.60. The maximum atomic E-state index is 11.6. The van der Waals surface area contributed by atoms with Crippen molar-refractivity contribution in [3.63, 3.8) is 0 Å². The first kappa shape index (κ1) is 24.1. The number of nitrogens with one attached hydrogen (secondary N) is 2. The number of aromatic amines is 1. The zero-order chi connectivity index (χ0) is 25.7. The van der Waals surface area contributed by atoms with Gasteiger partial charge in [0.1, 0.15) is 23.2 Å². The number of imidazole rings is 1. The number of rotatable bonds is 6. The van der Waals surface area contributed by atoms with E-state index in [4.69, 9.17) is 20.2 Å². The minimum absolute atomic E-state index is 0.103. The van der Waals surface area contributed by atoms with Crippen molar-refractivity contribution in [2.75, 3.05) is 50.6 Å². The van der Waals surface area contributed by atoms with E-state index in [2.05, 4.69) is 72.3 Å². The second-order valence-electron chi connectivity index (χ2n) is 9.96. The summed E-state index contributed by atoms with van der Waals surface area (Å²) in [6, 6.07) is 6.13. The minimum atomic E-state index is -0.757. The lowest BCUT2D eigenvalue weighted by molar-refractivity contribution is 0.0854. The number of pyridine rings is 1. The quantitative estimate of drug-likeness (QED) is 0.386. The fourth-order valence-electron chi connectivity index (χ4n) is 5.77. The van der Waals surface area contributed by atoms with Gasteiger partial charge in [0.25, 0.3) is 0 Å². The zero-order valence-electron chi connectivity index (χ0n) is 20.8. The number of benzene rings is 1. The molecule has 4 atom stereocenters. The first-order valence-corrected chi connectivity index (χ1v) is 13.3. The molecule has 0 spiro atoms. The number of hydrogen-bond acceptors (Lipinski definition) is 8. The Hall–Kier alpha value is -3.31. The van der Waals surface area contributed by atoms with Crippen molar-refractivity contribution in [3.8, 4) is 17.1 Å². The molecule has 0 unspecified atom stereocenters. The number of hydrogen-bond donors (Lipinski definition) is 3. The van der Waals surface area contributed by atoms with Crippen LogP contribution in [0.5, 0.6) is 5.75 Å². The number of aromatic nitrogens is 3. The number of nitrogens with zero attached hydrogens (tertiary/aromatic N) is 4. The number of methoxy groups -OCH3 is 1. The first-order chi connectivity index (χ1) is 17.9. The molecule has 4 N–H and O–H groups in total. The number of ether oxygens (including phenoxy) is 2. The summed E-state index contributed by atoms with van der Waals surface area (Å²) >= 11 is 3.64. The van der Waals surface area contributed by atoms with Gasteiger partial charge in [-0.15, -0.1) is 0 Å². The maximum absolute atomic E-state index is 11.6. The molecular weight excluding hydrogens is 538 g/mol. The summed E-state index contributed by atoms with van der Waals surface area (Å²) in [6.45, 7) is 4.03. The number of primary amides is 1. The van der Waals surface area contributed by atoms with Crippen LogP contribution in [0.4, 0.5) is 16.2 Å². The van der Waals surface area contributed by atoms with Gasteiger partial charge in [-0.25, -0.2) is 14.8 Å². The predicted molar refractivity (Wildman–Crippen MR) is 146 cm³/mol. The molecule has 3 heterocycles. The van der Waals surface area contributed by atoms with E-state index in [0.717, 1.165) is 65.3 Å². The molecule has 3 aliphatic rings. The molecule has 2 aliphatic carbocycles. The van der Waals surface area contributed by atoms with Crippen LogP contribution in [-0.4, -0.2) is 78.4 Å². The lowest BCUT2D eigenvalue weighted by Crippen LogP contribution is -2.44. The zero-order valence-corrected chi connectivity index (χ0v) is 22.4. The van der Waals surface area contributed by atoms with Gasteiger partial charge in [0.05, 0.1) is 28.9 Å². The van der Waals surface area contributed by atoms with Gasteiger partial charge < -0.3 is 35.3 Å². The number of anilines is 2. The van der Waals surface area contributed by atoms with Crippen molar-refractivity contribution >= 4 is 44.6 Å². The standard InChI is InChI=1S/C26H30BrN7O3/c1-33-7-9-34(10-8-33)16-5-6-17(19(12-16)36-2)24-31-22-21(18(27)13-29-25(22)32-24)30-20-14-3-4-15(11-14)23(20)37-26(28)35/h3-6,12-15,20,23H,7-11H2,1-2H3,(H2,28,35)(H2,29,30,31,32)/t14-,15+,20+,23-/m0/s1. The Balaban J connectivity index is 1.32. The molecule has 1 aliphatic heterocycles. The molecule has 1 saturated heterocycles. The fraction of sp³-hybridized carbons (Fsp3) is 0.423. The number of fused-ring (bicyclic) bond motifs is 3. The highest BCUT2D eigenvalue weighted by Gasteiger charge is 2.47. The molecular formula is C26H30BrN7O3. The third-order valence-corrected chi connectivity index (χ3v) is 8.33. The van der Waals surface area contributed by atoms with Gasteiger partial charge in [0.15, 0.2) is 5.65 Å². The Morgan fingerprint density at radius 1 is 1.22 bits per heavy atom. The lowest BCUT2D eigenvalue weighted by atomic mass is 9.98. The summed E-state index contributed by atoms with van der Waals surface area (Å²) in [5.41, 5.74) is 9.53. The Morgan fingerprint density at radius 3 is 2.76 bits per heavy atom. The van der Waals surface area contributed by atoms with E-state index in [1.54, 1.807) is 13.3 Å². The van der Waals surface area contributed by atoms with Gasteiger partial charge in [0.2, 0.25) is 0 Å². The summed E-state index contributed by atoms with van der Waals surface area (Å²) in [6.07, 6.45) is 5.86. The molecule has 1 aromatic carbocycles. The Kier molecular flexibility index (Phi) is 6.20. The molecule has 0 radical (unpaired) electrons. The van der Waals surface area contributed by atoms with Crippen LogP contribution in [-0.2, 0) is 4.74 Å². The third-order valence-electron chi connectivity index (χ3n) is 7.73.